The summed E-state index contributed by atoms with van der Waals surface area (Å²) in [5, 5.41) is 3.62. The van der Waals surface area contributed by atoms with E-state index < -0.39 is 0 Å². The van der Waals surface area contributed by atoms with E-state index in [4.69, 9.17) is 4.74 Å². The highest BCUT2D eigenvalue weighted by molar-refractivity contribution is 7.09. The van der Waals surface area contributed by atoms with Crippen LogP contribution in [0.4, 0.5) is 9.52 Å². The lowest BCUT2D eigenvalue weighted by Crippen LogP contribution is -2.33. The molecular formula is C21H24FN5O2S. The number of carbonyl (C=O) groups is 1. The average Bonchev–Trinajstić information content (AvgIpc) is 3.23. The molecule has 0 saturated carbocycles. The molecule has 2 heterocycles. The number of methoxy groups -OCH3 is 1. The molecule has 0 fully saturated rings. The van der Waals surface area contributed by atoms with E-state index in [1.54, 1.807) is 25.4 Å². The van der Waals surface area contributed by atoms with E-state index in [0.717, 1.165) is 16.4 Å². The molecule has 7 nitrogen and oxygen atoms in total. The van der Waals surface area contributed by atoms with Crippen LogP contribution in [-0.2, 0) is 22.5 Å². The van der Waals surface area contributed by atoms with Crippen molar-refractivity contribution in [3.63, 3.8) is 0 Å². The maximum absolute atomic E-state index is 13.1. The predicted molar refractivity (Wildman–Crippen MR) is 114 cm³/mol. The minimum absolute atomic E-state index is 0.0564. The van der Waals surface area contributed by atoms with Gasteiger partial charge in [0.15, 0.2) is 0 Å². The normalized spacial score (nSPS) is 10.7. The molecule has 0 spiro atoms. The van der Waals surface area contributed by atoms with Crippen molar-refractivity contribution in [1.82, 2.24) is 19.7 Å². The molecule has 1 aromatic carbocycles. The van der Waals surface area contributed by atoms with Gasteiger partial charge in [0.05, 0.1) is 18.8 Å². The summed E-state index contributed by atoms with van der Waals surface area (Å²) in [5.74, 6) is 0.348. The molecule has 1 N–H and O–H groups in total. The standard InChI is InChI=1S/C21H24FN5O2S/c1-29-13-12-27(11-9-20(28)24-15-18-4-2-3-10-23-18)21-25-19(26-30-21)14-16-5-7-17(22)8-6-16/h2-8,10H,9,11-15H2,1H3,(H,24,28). The summed E-state index contributed by atoms with van der Waals surface area (Å²) < 4.78 is 22.7. The van der Waals surface area contributed by atoms with Crippen molar-refractivity contribution in [3.8, 4) is 0 Å². The Labute approximate surface area is 179 Å². The Kier molecular flexibility index (Phi) is 8.22. The third-order valence-corrected chi connectivity index (χ3v) is 5.19. The first kappa shape index (κ1) is 21.8. The number of hydrogen-bond donors (Lipinski definition) is 1. The van der Waals surface area contributed by atoms with Gasteiger partial charge in [-0.05, 0) is 29.8 Å². The molecule has 0 saturated heterocycles. The van der Waals surface area contributed by atoms with Crippen LogP contribution in [0.2, 0.25) is 0 Å². The van der Waals surface area contributed by atoms with Gasteiger partial charge in [-0.15, -0.1) is 0 Å². The van der Waals surface area contributed by atoms with Crippen LogP contribution in [-0.4, -0.2) is 47.1 Å². The lowest BCUT2D eigenvalue weighted by molar-refractivity contribution is -0.121. The van der Waals surface area contributed by atoms with Gasteiger partial charge >= 0.3 is 0 Å². The van der Waals surface area contributed by atoms with Gasteiger partial charge < -0.3 is 15.0 Å². The zero-order valence-electron chi connectivity index (χ0n) is 16.8. The average molecular weight is 430 g/mol. The van der Waals surface area contributed by atoms with Gasteiger partial charge in [-0.1, -0.05) is 18.2 Å². The van der Waals surface area contributed by atoms with Crippen LogP contribution in [0, 0.1) is 5.82 Å². The number of pyridine rings is 1. The van der Waals surface area contributed by atoms with E-state index in [0.29, 0.717) is 44.9 Å². The maximum atomic E-state index is 13.1. The molecule has 1 amide bonds. The predicted octanol–water partition coefficient (Wildman–Crippen LogP) is 2.82. The van der Waals surface area contributed by atoms with Gasteiger partial charge in [-0.2, -0.15) is 4.37 Å². The van der Waals surface area contributed by atoms with Crippen molar-refractivity contribution in [2.24, 2.45) is 0 Å². The second-order valence-corrected chi connectivity index (χ2v) is 7.35. The summed E-state index contributed by atoms with van der Waals surface area (Å²) in [4.78, 5) is 23.0. The third-order valence-electron chi connectivity index (χ3n) is 4.37. The highest BCUT2D eigenvalue weighted by Crippen LogP contribution is 2.19. The quantitative estimate of drug-likeness (QED) is 0.505. The van der Waals surface area contributed by atoms with Crippen LogP contribution in [0.25, 0.3) is 0 Å². The first-order valence-electron chi connectivity index (χ1n) is 9.61. The van der Waals surface area contributed by atoms with Crippen molar-refractivity contribution in [2.75, 3.05) is 31.7 Å². The number of ether oxygens (including phenoxy) is 1. The molecular weight excluding hydrogens is 405 g/mol. The number of rotatable bonds is 11. The van der Waals surface area contributed by atoms with Crippen molar-refractivity contribution in [1.29, 1.82) is 0 Å². The summed E-state index contributed by atoms with van der Waals surface area (Å²) >= 11 is 1.29. The fourth-order valence-corrected chi connectivity index (χ4v) is 3.49. The van der Waals surface area contributed by atoms with Gasteiger partial charge in [0.1, 0.15) is 11.6 Å². The fraction of sp³-hybridized carbons (Fsp3) is 0.333. The molecule has 0 aliphatic carbocycles. The van der Waals surface area contributed by atoms with E-state index in [-0.39, 0.29) is 11.7 Å². The second kappa shape index (κ2) is 11.3. The molecule has 3 aromatic rings. The van der Waals surface area contributed by atoms with Gasteiger partial charge in [0.25, 0.3) is 0 Å². The van der Waals surface area contributed by atoms with Gasteiger partial charge in [-0.3, -0.25) is 9.78 Å². The number of carbonyl (C=O) groups excluding carboxylic acids is 1. The zero-order valence-corrected chi connectivity index (χ0v) is 17.6. The number of benzene rings is 1. The lowest BCUT2D eigenvalue weighted by Gasteiger charge is -2.20. The second-order valence-electron chi connectivity index (χ2n) is 6.62. The molecule has 0 radical (unpaired) electrons. The number of nitrogens with one attached hydrogen (secondary N) is 1. The first-order valence-corrected chi connectivity index (χ1v) is 10.4. The van der Waals surface area contributed by atoms with Gasteiger partial charge in [0, 0.05) is 50.8 Å². The molecule has 0 atom stereocenters. The summed E-state index contributed by atoms with van der Waals surface area (Å²) in [5.41, 5.74) is 1.76. The van der Waals surface area contributed by atoms with E-state index in [1.165, 1.54) is 23.7 Å². The van der Waals surface area contributed by atoms with Crippen LogP contribution in [0.1, 0.15) is 23.5 Å². The number of aromatic nitrogens is 3. The Morgan fingerprint density at radius 1 is 1.20 bits per heavy atom. The van der Waals surface area contributed by atoms with E-state index in [9.17, 15) is 9.18 Å². The van der Waals surface area contributed by atoms with Crippen LogP contribution < -0.4 is 10.2 Å². The Bertz CT molecular complexity index is 921. The van der Waals surface area contributed by atoms with Gasteiger partial charge in [0.2, 0.25) is 11.0 Å². The number of amides is 1. The van der Waals surface area contributed by atoms with Gasteiger partial charge in [-0.25, -0.2) is 9.37 Å². The summed E-state index contributed by atoms with van der Waals surface area (Å²) in [7, 11) is 1.64. The summed E-state index contributed by atoms with van der Waals surface area (Å²) in [6.07, 6.45) is 2.55. The Hall–Kier alpha value is -2.91. The monoisotopic (exact) mass is 429 g/mol. The minimum atomic E-state index is -0.266. The Balaban J connectivity index is 1.55. The lowest BCUT2D eigenvalue weighted by atomic mass is 10.1. The molecule has 2 aromatic heterocycles. The molecule has 0 unspecified atom stereocenters. The van der Waals surface area contributed by atoms with E-state index in [1.807, 2.05) is 23.1 Å². The van der Waals surface area contributed by atoms with Crippen molar-refractivity contribution < 1.29 is 13.9 Å². The maximum Gasteiger partial charge on any atom is 0.222 e. The fourth-order valence-electron chi connectivity index (χ4n) is 2.75. The van der Waals surface area contributed by atoms with Crippen LogP contribution in [0.15, 0.2) is 48.7 Å². The number of hydrogen-bond acceptors (Lipinski definition) is 7. The molecule has 3 rings (SSSR count). The Morgan fingerprint density at radius 2 is 2.03 bits per heavy atom. The van der Waals surface area contributed by atoms with Crippen LogP contribution >= 0.6 is 11.5 Å². The minimum Gasteiger partial charge on any atom is -0.383 e. The molecule has 0 bridgehead atoms. The number of nitrogens with zero attached hydrogens (tertiary/aromatic N) is 4. The van der Waals surface area contributed by atoms with Crippen molar-refractivity contribution in [2.45, 2.75) is 19.4 Å². The molecule has 9 heteroatoms. The number of anilines is 1. The largest absolute Gasteiger partial charge is 0.383 e. The van der Waals surface area contributed by atoms with E-state index in [2.05, 4.69) is 19.7 Å². The highest BCUT2D eigenvalue weighted by atomic mass is 32.1. The number of halogens is 1. The molecule has 30 heavy (non-hydrogen) atoms. The third kappa shape index (κ3) is 6.85. The van der Waals surface area contributed by atoms with Crippen molar-refractivity contribution in [3.05, 3.63) is 71.6 Å². The highest BCUT2D eigenvalue weighted by Gasteiger charge is 2.15. The van der Waals surface area contributed by atoms with Crippen LogP contribution in [0.5, 0.6) is 0 Å². The molecule has 158 valence electrons. The SMILES string of the molecule is COCCN(CCC(=O)NCc1ccccn1)c1nc(Cc2ccc(F)cc2)ns1. The molecule has 0 aliphatic heterocycles. The van der Waals surface area contributed by atoms with Crippen LogP contribution in [0.3, 0.4) is 0 Å². The zero-order chi connectivity index (χ0) is 21.2. The smallest absolute Gasteiger partial charge is 0.222 e. The topological polar surface area (TPSA) is 80.2 Å². The summed E-state index contributed by atoms with van der Waals surface area (Å²) in [6, 6.07) is 11.9. The Morgan fingerprint density at radius 3 is 2.77 bits per heavy atom. The summed E-state index contributed by atoms with van der Waals surface area (Å²) in [6.45, 7) is 2.03. The molecule has 0 aliphatic rings. The first-order chi connectivity index (χ1) is 14.6. The van der Waals surface area contributed by atoms with Crippen molar-refractivity contribution >= 4 is 22.6 Å². The van der Waals surface area contributed by atoms with E-state index >= 15 is 0 Å².